The number of hydrogen-bond donors (Lipinski definition) is 0. The largest absolute Gasteiger partial charge is 0.302 e. The van der Waals surface area contributed by atoms with Gasteiger partial charge in [0.1, 0.15) is 0 Å². The Morgan fingerprint density at radius 1 is 1.14 bits per heavy atom. The molecule has 1 aromatic carbocycles. The first-order chi connectivity index (χ1) is 10.2. The summed E-state index contributed by atoms with van der Waals surface area (Å²) in [4.78, 5) is 21.0. The van der Waals surface area contributed by atoms with Crippen LogP contribution in [0.15, 0.2) is 24.3 Å². The lowest BCUT2D eigenvalue weighted by Gasteiger charge is -2.24. The van der Waals surface area contributed by atoms with Crippen LogP contribution >= 0.6 is 11.3 Å². The number of amides is 1. The molecule has 0 aliphatic rings. The van der Waals surface area contributed by atoms with E-state index in [0.29, 0.717) is 13.0 Å². The van der Waals surface area contributed by atoms with Crippen LogP contribution in [0, 0.1) is 0 Å². The van der Waals surface area contributed by atoms with E-state index in [1.54, 1.807) is 11.3 Å². The molecule has 21 heavy (non-hydrogen) atoms. The molecule has 2 aromatic rings. The van der Waals surface area contributed by atoms with Gasteiger partial charge >= 0.3 is 0 Å². The first-order valence-corrected chi connectivity index (χ1v) is 8.39. The summed E-state index contributed by atoms with van der Waals surface area (Å²) < 4.78 is 1.13. The van der Waals surface area contributed by atoms with Crippen molar-refractivity contribution in [1.82, 2.24) is 9.88 Å². The van der Waals surface area contributed by atoms with E-state index in [1.165, 1.54) is 0 Å². The van der Waals surface area contributed by atoms with Crippen LogP contribution in [0.2, 0.25) is 0 Å². The summed E-state index contributed by atoms with van der Waals surface area (Å²) >= 11 is 1.59. The fourth-order valence-electron chi connectivity index (χ4n) is 2.27. The van der Waals surface area contributed by atoms with Gasteiger partial charge < -0.3 is 4.90 Å². The monoisotopic (exact) mass is 305 g/mol. The number of fused-ring (bicyclic) bond motifs is 1. The van der Waals surface area contributed by atoms with Gasteiger partial charge in [-0.3, -0.25) is 9.69 Å². The van der Waals surface area contributed by atoms with Gasteiger partial charge in [-0.1, -0.05) is 44.2 Å². The van der Waals surface area contributed by atoms with E-state index in [0.717, 1.165) is 35.0 Å². The lowest BCUT2D eigenvalue weighted by atomic mass is 10.3. The average molecular weight is 305 g/mol. The summed E-state index contributed by atoms with van der Waals surface area (Å²) in [6.45, 7) is 9.79. The molecule has 0 aliphatic heterocycles. The molecule has 0 bridgehead atoms. The SMILES string of the molecule is CCC(=O)N(CCN(CC)CC)c1nc2ccccc2s1. The van der Waals surface area contributed by atoms with Crippen LogP contribution in [-0.4, -0.2) is 42.0 Å². The summed E-state index contributed by atoms with van der Waals surface area (Å²) in [5.41, 5.74) is 0.967. The van der Waals surface area contributed by atoms with Crippen molar-refractivity contribution in [1.29, 1.82) is 0 Å². The van der Waals surface area contributed by atoms with Gasteiger partial charge in [0.25, 0.3) is 0 Å². The predicted molar refractivity (Wildman–Crippen MR) is 90.1 cm³/mol. The number of nitrogens with zero attached hydrogens (tertiary/aromatic N) is 3. The zero-order valence-corrected chi connectivity index (χ0v) is 13.8. The maximum Gasteiger partial charge on any atom is 0.228 e. The van der Waals surface area contributed by atoms with E-state index < -0.39 is 0 Å². The molecule has 0 atom stereocenters. The van der Waals surface area contributed by atoms with Crippen molar-refractivity contribution in [2.24, 2.45) is 0 Å². The molecule has 5 heteroatoms. The van der Waals surface area contributed by atoms with Crippen molar-refractivity contribution in [2.45, 2.75) is 27.2 Å². The molecule has 0 saturated heterocycles. The smallest absolute Gasteiger partial charge is 0.228 e. The number of thiazole rings is 1. The minimum atomic E-state index is 0.140. The molecule has 0 fully saturated rings. The lowest BCUT2D eigenvalue weighted by Crippen LogP contribution is -2.38. The number of carbonyl (C=O) groups excluding carboxylic acids is 1. The maximum absolute atomic E-state index is 12.3. The van der Waals surface area contributed by atoms with Crippen molar-refractivity contribution in [2.75, 3.05) is 31.1 Å². The fourth-order valence-corrected chi connectivity index (χ4v) is 3.28. The van der Waals surface area contributed by atoms with Crippen LogP contribution in [0.25, 0.3) is 10.2 Å². The zero-order valence-electron chi connectivity index (χ0n) is 13.0. The molecule has 1 aromatic heterocycles. The second-order valence-electron chi connectivity index (χ2n) is 4.89. The Balaban J connectivity index is 2.20. The molecule has 0 N–H and O–H groups in total. The highest BCUT2D eigenvalue weighted by molar-refractivity contribution is 7.22. The first kappa shape index (κ1) is 15.9. The van der Waals surface area contributed by atoms with Crippen LogP contribution in [0.1, 0.15) is 27.2 Å². The topological polar surface area (TPSA) is 36.4 Å². The molecule has 0 unspecified atom stereocenters. The third kappa shape index (κ3) is 3.80. The summed E-state index contributed by atoms with van der Waals surface area (Å²) in [5.74, 6) is 0.140. The second kappa shape index (κ2) is 7.52. The Bertz CT molecular complexity index is 559. The molecule has 2 rings (SSSR count). The number of hydrogen-bond acceptors (Lipinski definition) is 4. The van der Waals surface area contributed by atoms with E-state index in [4.69, 9.17) is 0 Å². The summed E-state index contributed by atoms with van der Waals surface area (Å²) in [7, 11) is 0. The second-order valence-corrected chi connectivity index (χ2v) is 5.90. The fraction of sp³-hybridized carbons (Fsp3) is 0.500. The van der Waals surface area contributed by atoms with E-state index in [2.05, 4.69) is 29.8 Å². The third-order valence-corrected chi connectivity index (χ3v) is 4.71. The van der Waals surface area contributed by atoms with Crippen molar-refractivity contribution in [3.63, 3.8) is 0 Å². The molecule has 1 amide bonds. The Kier molecular flexibility index (Phi) is 5.70. The zero-order chi connectivity index (χ0) is 15.2. The van der Waals surface area contributed by atoms with Crippen LogP contribution < -0.4 is 4.90 Å². The van der Waals surface area contributed by atoms with Gasteiger partial charge in [-0.25, -0.2) is 4.98 Å². The maximum atomic E-state index is 12.3. The van der Waals surface area contributed by atoms with Gasteiger partial charge in [-0.2, -0.15) is 0 Å². The summed E-state index contributed by atoms with van der Waals surface area (Å²) in [6.07, 6.45) is 0.508. The predicted octanol–water partition coefficient (Wildman–Crippen LogP) is 3.38. The van der Waals surface area contributed by atoms with Gasteiger partial charge in [-0.05, 0) is 25.2 Å². The number of anilines is 1. The molecular weight excluding hydrogens is 282 g/mol. The Morgan fingerprint density at radius 2 is 1.86 bits per heavy atom. The summed E-state index contributed by atoms with van der Waals surface area (Å²) in [5, 5.41) is 0.815. The van der Waals surface area contributed by atoms with Crippen LogP contribution in [0.4, 0.5) is 5.13 Å². The molecular formula is C16H23N3OS. The molecule has 1 heterocycles. The van der Waals surface area contributed by atoms with E-state index in [-0.39, 0.29) is 5.91 Å². The molecule has 114 valence electrons. The van der Waals surface area contributed by atoms with Gasteiger partial charge in [0.15, 0.2) is 5.13 Å². The number of likely N-dealkylation sites (N-methyl/N-ethyl adjacent to an activating group) is 1. The normalized spacial score (nSPS) is 11.2. The number of carbonyl (C=O) groups is 1. The molecule has 0 spiro atoms. The Labute approximate surface area is 130 Å². The quantitative estimate of drug-likeness (QED) is 0.787. The number of rotatable bonds is 7. The highest BCUT2D eigenvalue weighted by Gasteiger charge is 2.18. The van der Waals surface area contributed by atoms with Crippen LogP contribution in [-0.2, 0) is 4.79 Å². The van der Waals surface area contributed by atoms with Crippen LogP contribution in [0.5, 0.6) is 0 Å². The van der Waals surface area contributed by atoms with Gasteiger partial charge in [0, 0.05) is 19.5 Å². The third-order valence-electron chi connectivity index (χ3n) is 3.65. The van der Waals surface area contributed by atoms with E-state index in [1.807, 2.05) is 30.0 Å². The van der Waals surface area contributed by atoms with Crippen molar-refractivity contribution in [3.8, 4) is 0 Å². The standard InChI is InChI=1S/C16H23N3OS/c1-4-15(20)19(12-11-18(5-2)6-3)16-17-13-9-7-8-10-14(13)21-16/h7-10H,4-6,11-12H2,1-3H3. The molecule has 0 aliphatic carbocycles. The Morgan fingerprint density at radius 3 is 2.48 bits per heavy atom. The van der Waals surface area contributed by atoms with E-state index in [9.17, 15) is 4.79 Å². The van der Waals surface area contributed by atoms with Gasteiger partial charge in [0.2, 0.25) is 5.91 Å². The van der Waals surface area contributed by atoms with Crippen molar-refractivity contribution < 1.29 is 4.79 Å². The Hall–Kier alpha value is -1.46. The summed E-state index contributed by atoms with van der Waals surface area (Å²) in [6, 6.07) is 8.03. The molecule has 0 saturated carbocycles. The minimum Gasteiger partial charge on any atom is -0.302 e. The molecule has 4 nitrogen and oxygen atoms in total. The van der Waals surface area contributed by atoms with Crippen molar-refractivity contribution in [3.05, 3.63) is 24.3 Å². The first-order valence-electron chi connectivity index (χ1n) is 7.57. The number of aromatic nitrogens is 1. The van der Waals surface area contributed by atoms with Crippen LogP contribution in [0.3, 0.4) is 0 Å². The van der Waals surface area contributed by atoms with Gasteiger partial charge in [0.05, 0.1) is 10.2 Å². The number of para-hydroxylation sites is 1. The number of benzene rings is 1. The van der Waals surface area contributed by atoms with Crippen molar-refractivity contribution >= 4 is 32.6 Å². The molecule has 0 radical (unpaired) electrons. The van der Waals surface area contributed by atoms with Gasteiger partial charge in [-0.15, -0.1) is 0 Å². The highest BCUT2D eigenvalue weighted by Crippen LogP contribution is 2.28. The minimum absolute atomic E-state index is 0.140. The average Bonchev–Trinajstić information content (AvgIpc) is 2.94. The van der Waals surface area contributed by atoms with E-state index >= 15 is 0 Å². The highest BCUT2D eigenvalue weighted by atomic mass is 32.1. The lowest BCUT2D eigenvalue weighted by molar-refractivity contribution is -0.118.